The van der Waals surface area contributed by atoms with Crippen molar-refractivity contribution in [2.24, 2.45) is 0 Å². The summed E-state index contributed by atoms with van der Waals surface area (Å²) in [6, 6.07) is 19.9. The van der Waals surface area contributed by atoms with Crippen LogP contribution >= 0.6 is 11.8 Å². The van der Waals surface area contributed by atoms with Gasteiger partial charge in [-0.15, -0.1) is 0 Å². The average molecular weight is 489 g/mol. The van der Waals surface area contributed by atoms with Gasteiger partial charge in [-0.25, -0.2) is 9.37 Å². The zero-order valence-electron chi connectivity index (χ0n) is 18.6. The second kappa shape index (κ2) is 9.71. The highest BCUT2D eigenvalue weighted by molar-refractivity contribution is 7.99. The SMILES string of the molecule is O=C(CSc1nc2ccccc2c(=O)n1-c1ccccc1F)Nc1cccc(N2CCCC2=O)c1. The molecular formula is C26H21FN4O3S. The molecule has 0 saturated carbocycles. The highest BCUT2D eigenvalue weighted by Gasteiger charge is 2.22. The summed E-state index contributed by atoms with van der Waals surface area (Å²) in [6.45, 7) is 0.660. The van der Waals surface area contributed by atoms with Crippen LogP contribution in [-0.2, 0) is 9.59 Å². The van der Waals surface area contributed by atoms with Gasteiger partial charge >= 0.3 is 0 Å². The Morgan fingerprint density at radius 2 is 1.83 bits per heavy atom. The summed E-state index contributed by atoms with van der Waals surface area (Å²) in [5, 5.41) is 3.40. The molecule has 1 aromatic heterocycles. The molecule has 0 radical (unpaired) electrons. The van der Waals surface area contributed by atoms with Crippen molar-refractivity contribution in [2.45, 2.75) is 18.0 Å². The molecule has 0 aliphatic carbocycles. The highest BCUT2D eigenvalue weighted by atomic mass is 32.2. The van der Waals surface area contributed by atoms with E-state index in [2.05, 4.69) is 10.3 Å². The first-order valence-corrected chi connectivity index (χ1v) is 12.1. The zero-order valence-corrected chi connectivity index (χ0v) is 19.4. The number of anilines is 2. The second-order valence-corrected chi connectivity index (χ2v) is 8.98. The molecular weight excluding hydrogens is 467 g/mol. The van der Waals surface area contributed by atoms with Gasteiger partial charge in [-0.3, -0.25) is 19.0 Å². The monoisotopic (exact) mass is 488 g/mol. The van der Waals surface area contributed by atoms with E-state index in [1.54, 1.807) is 59.5 Å². The van der Waals surface area contributed by atoms with Crippen LogP contribution in [0.5, 0.6) is 0 Å². The van der Waals surface area contributed by atoms with Crippen LogP contribution in [0.3, 0.4) is 0 Å². The van der Waals surface area contributed by atoms with Crippen molar-refractivity contribution >= 4 is 45.9 Å². The highest BCUT2D eigenvalue weighted by Crippen LogP contribution is 2.26. The van der Waals surface area contributed by atoms with Gasteiger partial charge in [0.25, 0.3) is 5.56 Å². The van der Waals surface area contributed by atoms with Gasteiger partial charge in [0.2, 0.25) is 11.8 Å². The van der Waals surface area contributed by atoms with E-state index in [-0.39, 0.29) is 28.4 Å². The number of rotatable bonds is 6. The molecule has 0 bridgehead atoms. The van der Waals surface area contributed by atoms with Gasteiger partial charge in [0, 0.05) is 24.3 Å². The number of carbonyl (C=O) groups is 2. The molecule has 4 aromatic rings. The number of nitrogens with zero attached hydrogens (tertiary/aromatic N) is 3. The van der Waals surface area contributed by atoms with Gasteiger partial charge in [-0.1, -0.05) is 42.1 Å². The molecule has 7 nitrogen and oxygen atoms in total. The lowest BCUT2D eigenvalue weighted by molar-refractivity contribution is -0.117. The lowest BCUT2D eigenvalue weighted by atomic mass is 10.2. The van der Waals surface area contributed by atoms with Gasteiger partial charge in [0.15, 0.2) is 5.16 Å². The fourth-order valence-corrected chi connectivity index (χ4v) is 4.86. The van der Waals surface area contributed by atoms with Crippen LogP contribution in [0.15, 0.2) is 82.7 Å². The van der Waals surface area contributed by atoms with Crippen molar-refractivity contribution in [2.75, 3.05) is 22.5 Å². The van der Waals surface area contributed by atoms with Gasteiger partial charge in [-0.2, -0.15) is 0 Å². The maximum Gasteiger partial charge on any atom is 0.266 e. The van der Waals surface area contributed by atoms with Crippen molar-refractivity contribution in [3.63, 3.8) is 0 Å². The minimum absolute atomic E-state index is 0.0495. The molecule has 1 aliphatic heterocycles. The Morgan fingerprint density at radius 3 is 2.63 bits per heavy atom. The molecule has 35 heavy (non-hydrogen) atoms. The van der Waals surface area contributed by atoms with Crippen molar-refractivity contribution in [1.82, 2.24) is 9.55 Å². The molecule has 1 saturated heterocycles. The first-order chi connectivity index (χ1) is 17.0. The lowest BCUT2D eigenvalue weighted by Gasteiger charge is -2.17. The van der Waals surface area contributed by atoms with E-state index in [9.17, 15) is 18.8 Å². The van der Waals surface area contributed by atoms with E-state index >= 15 is 0 Å². The molecule has 176 valence electrons. The third-order valence-electron chi connectivity index (χ3n) is 5.69. The third kappa shape index (κ3) is 4.67. The Hall–Kier alpha value is -3.98. The van der Waals surface area contributed by atoms with E-state index in [4.69, 9.17) is 0 Å². The number of hydrogen-bond donors (Lipinski definition) is 1. The number of carbonyl (C=O) groups excluding carboxylic acids is 2. The number of nitrogens with one attached hydrogen (secondary N) is 1. The minimum Gasteiger partial charge on any atom is -0.325 e. The van der Waals surface area contributed by atoms with Gasteiger partial charge < -0.3 is 10.2 Å². The van der Waals surface area contributed by atoms with Gasteiger partial charge in [0.05, 0.1) is 22.3 Å². The molecule has 2 amide bonds. The Bertz CT molecular complexity index is 1500. The van der Waals surface area contributed by atoms with Crippen LogP contribution in [0.4, 0.5) is 15.8 Å². The maximum absolute atomic E-state index is 14.6. The molecule has 9 heteroatoms. The summed E-state index contributed by atoms with van der Waals surface area (Å²) >= 11 is 1.05. The Kier molecular flexibility index (Phi) is 6.33. The quantitative estimate of drug-likeness (QED) is 0.322. The fraction of sp³-hybridized carbons (Fsp3) is 0.154. The molecule has 0 atom stereocenters. The first-order valence-electron chi connectivity index (χ1n) is 11.1. The molecule has 1 aliphatic rings. The van der Waals surface area contributed by atoms with Crippen molar-refractivity contribution in [1.29, 1.82) is 0 Å². The second-order valence-electron chi connectivity index (χ2n) is 8.04. The molecule has 0 unspecified atom stereocenters. The number of hydrogen-bond acceptors (Lipinski definition) is 5. The summed E-state index contributed by atoms with van der Waals surface area (Å²) in [6.07, 6.45) is 1.34. The van der Waals surface area contributed by atoms with E-state index in [0.29, 0.717) is 29.6 Å². The fourth-order valence-electron chi connectivity index (χ4n) is 4.05. The van der Waals surface area contributed by atoms with Crippen LogP contribution in [0.1, 0.15) is 12.8 Å². The number of benzene rings is 3. The van der Waals surface area contributed by atoms with E-state index < -0.39 is 11.4 Å². The van der Waals surface area contributed by atoms with Crippen molar-refractivity contribution < 1.29 is 14.0 Å². The molecule has 2 heterocycles. The third-order valence-corrected chi connectivity index (χ3v) is 6.62. The Labute approximate surface area is 204 Å². The van der Waals surface area contributed by atoms with E-state index in [1.807, 2.05) is 6.07 Å². The maximum atomic E-state index is 14.6. The number of aromatic nitrogens is 2. The van der Waals surface area contributed by atoms with E-state index in [0.717, 1.165) is 23.9 Å². The van der Waals surface area contributed by atoms with Crippen molar-refractivity contribution in [3.8, 4) is 5.69 Å². The number of halogens is 1. The summed E-state index contributed by atoms with van der Waals surface area (Å²) in [7, 11) is 0. The molecule has 0 spiro atoms. The van der Waals surface area contributed by atoms with Crippen LogP contribution in [0.25, 0.3) is 16.6 Å². The van der Waals surface area contributed by atoms with Gasteiger partial charge in [0.1, 0.15) is 5.82 Å². The number of para-hydroxylation sites is 2. The summed E-state index contributed by atoms with van der Waals surface area (Å²) in [5.41, 5.74) is 1.43. The molecule has 1 N–H and O–H groups in total. The number of fused-ring (bicyclic) bond motifs is 1. The topological polar surface area (TPSA) is 84.3 Å². The van der Waals surface area contributed by atoms with Crippen LogP contribution in [0, 0.1) is 5.82 Å². The average Bonchev–Trinajstić information content (AvgIpc) is 3.30. The lowest BCUT2D eigenvalue weighted by Crippen LogP contribution is -2.24. The predicted octanol–water partition coefficient (Wildman–Crippen LogP) is 4.38. The summed E-state index contributed by atoms with van der Waals surface area (Å²) < 4.78 is 15.8. The standard InChI is InChI=1S/C26H21FN4O3S/c27-20-10-2-4-12-22(20)31-25(34)19-9-1-3-11-21(19)29-26(31)35-16-23(32)28-17-7-5-8-18(15-17)30-14-6-13-24(30)33/h1-5,7-12,15H,6,13-14,16H2,(H,28,32). The van der Waals surface area contributed by atoms with Crippen molar-refractivity contribution in [3.05, 3.63) is 89.0 Å². The largest absolute Gasteiger partial charge is 0.325 e. The molecule has 1 fully saturated rings. The summed E-state index contributed by atoms with van der Waals surface area (Å²) in [4.78, 5) is 44.3. The minimum atomic E-state index is -0.564. The zero-order chi connectivity index (χ0) is 24.4. The first kappa shape index (κ1) is 22.8. The van der Waals surface area contributed by atoms with Crippen LogP contribution < -0.4 is 15.8 Å². The van der Waals surface area contributed by atoms with E-state index in [1.165, 1.54) is 16.7 Å². The normalized spacial score (nSPS) is 13.4. The number of thioether (sulfide) groups is 1. The van der Waals surface area contributed by atoms with Gasteiger partial charge in [-0.05, 0) is 48.9 Å². The Morgan fingerprint density at radius 1 is 1.03 bits per heavy atom. The smallest absolute Gasteiger partial charge is 0.266 e. The molecule has 5 rings (SSSR count). The molecule has 3 aromatic carbocycles. The van der Waals surface area contributed by atoms with Crippen LogP contribution in [-0.4, -0.2) is 33.7 Å². The number of amides is 2. The van der Waals surface area contributed by atoms with Crippen LogP contribution in [0.2, 0.25) is 0 Å². The Balaban J connectivity index is 1.40. The predicted molar refractivity (Wildman–Crippen MR) is 135 cm³/mol. The summed E-state index contributed by atoms with van der Waals surface area (Å²) in [5.74, 6) is -0.863.